The van der Waals surface area contributed by atoms with E-state index in [0.29, 0.717) is 19.6 Å². The lowest BCUT2D eigenvalue weighted by molar-refractivity contribution is -0.119. The van der Waals surface area contributed by atoms with Crippen molar-refractivity contribution in [3.05, 3.63) is 35.7 Å². The number of ketones is 1. The summed E-state index contributed by atoms with van der Waals surface area (Å²) in [5.74, 6) is 0.181. The molecule has 3 heteroatoms. The highest BCUT2D eigenvalue weighted by atomic mass is 16.5. The van der Waals surface area contributed by atoms with Crippen LogP contribution in [0.5, 0.6) is 0 Å². The number of Topliss-reactive ketones (excluding diaryl/α,β-unsaturated/α-hetero) is 1. The Hall–Kier alpha value is -1.48. The van der Waals surface area contributed by atoms with Gasteiger partial charge in [0, 0.05) is 24.4 Å². The van der Waals surface area contributed by atoms with Gasteiger partial charge in [0.1, 0.15) is 0 Å². The van der Waals surface area contributed by atoms with Crippen molar-refractivity contribution < 1.29 is 9.53 Å². The molecule has 1 aromatic rings. The fourth-order valence-corrected chi connectivity index (χ4v) is 1.37. The van der Waals surface area contributed by atoms with Crippen molar-refractivity contribution in [2.45, 2.75) is 6.42 Å². The molecule has 2 heterocycles. The summed E-state index contributed by atoms with van der Waals surface area (Å²) in [5.41, 5.74) is 1.69. The maximum Gasteiger partial charge on any atom is 0.163 e. The highest BCUT2D eigenvalue weighted by Gasteiger charge is 2.14. The average Bonchev–Trinajstić information content (AvgIpc) is 2.23. The van der Waals surface area contributed by atoms with Crippen LogP contribution in [0, 0.1) is 0 Å². The second kappa shape index (κ2) is 4.15. The minimum Gasteiger partial charge on any atom is -0.376 e. The van der Waals surface area contributed by atoms with E-state index in [0.717, 1.165) is 11.1 Å². The Bertz CT molecular complexity index is 357. The van der Waals surface area contributed by atoms with Crippen molar-refractivity contribution in [3.8, 4) is 0 Å². The van der Waals surface area contributed by atoms with Crippen molar-refractivity contribution >= 4 is 11.9 Å². The lowest BCUT2D eigenvalue weighted by Crippen LogP contribution is -2.18. The molecule has 3 nitrogen and oxygen atoms in total. The first-order valence-electron chi connectivity index (χ1n) is 4.58. The molecular formula is C11H11NO2. The molecule has 0 aliphatic carbocycles. The monoisotopic (exact) mass is 189 g/mol. The minimum absolute atomic E-state index is 0.181. The Morgan fingerprint density at radius 3 is 3.14 bits per heavy atom. The molecular weight excluding hydrogens is 178 g/mol. The van der Waals surface area contributed by atoms with Crippen LogP contribution < -0.4 is 0 Å². The molecule has 0 unspecified atom stereocenters. The van der Waals surface area contributed by atoms with Gasteiger partial charge in [0.2, 0.25) is 0 Å². The molecule has 1 fully saturated rings. The maximum atomic E-state index is 11.4. The van der Waals surface area contributed by atoms with Crippen LogP contribution >= 0.6 is 0 Å². The molecule has 2 rings (SSSR count). The van der Waals surface area contributed by atoms with Crippen molar-refractivity contribution in [2.75, 3.05) is 13.2 Å². The molecule has 0 radical (unpaired) electrons. The van der Waals surface area contributed by atoms with Crippen LogP contribution in [-0.4, -0.2) is 24.0 Å². The van der Waals surface area contributed by atoms with Gasteiger partial charge < -0.3 is 4.74 Å². The van der Waals surface area contributed by atoms with Crippen LogP contribution in [0.15, 0.2) is 30.1 Å². The summed E-state index contributed by atoms with van der Waals surface area (Å²) >= 11 is 0. The molecule has 0 spiro atoms. The Balaban J connectivity index is 2.21. The first-order chi connectivity index (χ1) is 6.86. The number of carbonyl (C=O) groups excluding carboxylic acids is 1. The van der Waals surface area contributed by atoms with Gasteiger partial charge in [-0.1, -0.05) is 6.07 Å². The van der Waals surface area contributed by atoms with E-state index in [1.54, 1.807) is 12.4 Å². The van der Waals surface area contributed by atoms with E-state index >= 15 is 0 Å². The van der Waals surface area contributed by atoms with E-state index in [9.17, 15) is 4.79 Å². The summed E-state index contributed by atoms with van der Waals surface area (Å²) in [5, 5.41) is 0. The zero-order valence-corrected chi connectivity index (χ0v) is 7.77. The van der Waals surface area contributed by atoms with Gasteiger partial charge in [0.25, 0.3) is 0 Å². The molecule has 14 heavy (non-hydrogen) atoms. The van der Waals surface area contributed by atoms with Gasteiger partial charge in [-0.3, -0.25) is 9.78 Å². The highest BCUT2D eigenvalue weighted by Crippen LogP contribution is 2.12. The predicted octanol–water partition coefficient (Wildman–Crippen LogP) is 1.45. The number of ether oxygens (including phenoxy) is 1. The lowest BCUT2D eigenvalue weighted by atomic mass is 10.1. The third kappa shape index (κ3) is 2.06. The topological polar surface area (TPSA) is 39.2 Å². The fraction of sp³-hybridized carbons (Fsp3) is 0.273. The standard InChI is InChI=1S/C11H11NO2/c13-11-3-5-14-8-10(11)6-9-2-1-4-12-7-9/h1-2,4,6-7H,3,5,8H2/b10-6+. The number of aromatic nitrogens is 1. The van der Waals surface area contributed by atoms with Gasteiger partial charge in [0.15, 0.2) is 5.78 Å². The minimum atomic E-state index is 0.181. The second-order valence-electron chi connectivity index (χ2n) is 3.18. The molecule has 1 aliphatic heterocycles. The highest BCUT2D eigenvalue weighted by molar-refractivity contribution is 6.00. The number of pyridine rings is 1. The quantitative estimate of drug-likeness (QED) is 0.628. The smallest absolute Gasteiger partial charge is 0.163 e. The molecule has 72 valence electrons. The van der Waals surface area contributed by atoms with Crippen LogP contribution in [0.25, 0.3) is 6.08 Å². The fourth-order valence-electron chi connectivity index (χ4n) is 1.37. The van der Waals surface area contributed by atoms with Gasteiger partial charge >= 0.3 is 0 Å². The summed E-state index contributed by atoms with van der Waals surface area (Å²) in [6.07, 6.45) is 5.77. The number of rotatable bonds is 1. The molecule has 0 saturated carbocycles. The van der Waals surface area contributed by atoms with Crippen LogP contribution in [0.2, 0.25) is 0 Å². The summed E-state index contributed by atoms with van der Waals surface area (Å²) in [7, 11) is 0. The molecule has 1 aromatic heterocycles. The van der Waals surface area contributed by atoms with E-state index in [-0.39, 0.29) is 5.78 Å². The van der Waals surface area contributed by atoms with E-state index in [4.69, 9.17) is 4.74 Å². The molecule has 1 saturated heterocycles. The molecule has 0 aromatic carbocycles. The zero-order chi connectivity index (χ0) is 9.80. The van der Waals surface area contributed by atoms with Gasteiger partial charge in [-0.25, -0.2) is 0 Å². The first-order valence-corrected chi connectivity index (χ1v) is 4.58. The first kappa shape index (κ1) is 9.09. The summed E-state index contributed by atoms with van der Waals surface area (Å²) in [4.78, 5) is 15.4. The predicted molar refractivity (Wildman–Crippen MR) is 52.7 cm³/mol. The van der Waals surface area contributed by atoms with Crippen molar-refractivity contribution in [1.29, 1.82) is 0 Å². The van der Waals surface area contributed by atoms with E-state index in [1.807, 2.05) is 18.2 Å². The molecule has 0 N–H and O–H groups in total. The van der Waals surface area contributed by atoms with Gasteiger partial charge in [-0.2, -0.15) is 0 Å². The zero-order valence-electron chi connectivity index (χ0n) is 7.77. The molecule has 0 bridgehead atoms. The summed E-state index contributed by atoms with van der Waals surface area (Å²) < 4.78 is 5.22. The third-order valence-electron chi connectivity index (χ3n) is 2.11. The van der Waals surface area contributed by atoms with Crippen molar-refractivity contribution in [1.82, 2.24) is 4.98 Å². The molecule has 1 aliphatic rings. The van der Waals surface area contributed by atoms with Crippen LogP contribution in [-0.2, 0) is 9.53 Å². The van der Waals surface area contributed by atoms with Gasteiger partial charge in [0.05, 0.1) is 13.2 Å². The maximum absolute atomic E-state index is 11.4. The third-order valence-corrected chi connectivity index (χ3v) is 2.11. The number of hydrogen-bond donors (Lipinski definition) is 0. The van der Waals surface area contributed by atoms with Crippen molar-refractivity contribution in [2.24, 2.45) is 0 Å². The summed E-state index contributed by atoms with van der Waals surface area (Å²) in [6, 6.07) is 3.77. The van der Waals surface area contributed by atoms with Crippen LogP contribution in [0.1, 0.15) is 12.0 Å². The van der Waals surface area contributed by atoms with Crippen LogP contribution in [0.4, 0.5) is 0 Å². The van der Waals surface area contributed by atoms with E-state index in [2.05, 4.69) is 4.98 Å². The Labute approximate surface area is 82.4 Å². The van der Waals surface area contributed by atoms with E-state index in [1.165, 1.54) is 0 Å². The normalized spacial score (nSPS) is 20.0. The average molecular weight is 189 g/mol. The Morgan fingerprint density at radius 1 is 1.50 bits per heavy atom. The SMILES string of the molecule is O=C1CCOC/C1=C\c1cccnc1. The second-order valence-corrected chi connectivity index (χ2v) is 3.18. The van der Waals surface area contributed by atoms with Crippen LogP contribution in [0.3, 0.4) is 0 Å². The van der Waals surface area contributed by atoms with Gasteiger partial charge in [-0.15, -0.1) is 0 Å². The number of carbonyl (C=O) groups is 1. The number of nitrogens with zero attached hydrogens (tertiary/aromatic N) is 1. The summed E-state index contributed by atoms with van der Waals surface area (Å²) in [6.45, 7) is 0.969. The Kier molecular flexibility index (Phi) is 2.70. The van der Waals surface area contributed by atoms with Gasteiger partial charge in [-0.05, 0) is 17.7 Å². The van der Waals surface area contributed by atoms with E-state index < -0.39 is 0 Å². The largest absolute Gasteiger partial charge is 0.376 e. The molecule has 0 amide bonds. The van der Waals surface area contributed by atoms with Crippen molar-refractivity contribution in [3.63, 3.8) is 0 Å². The molecule has 0 atom stereocenters. The lowest BCUT2D eigenvalue weighted by Gasteiger charge is -2.13. The Morgan fingerprint density at radius 2 is 2.43 bits per heavy atom. The number of hydrogen-bond acceptors (Lipinski definition) is 3.